The number of thioether (sulfide) groups is 1. The number of nitrogens with one attached hydrogen (secondary N) is 1. The number of fused-ring (bicyclic) bond motifs is 1. The second-order valence-corrected chi connectivity index (χ2v) is 7.30. The molecule has 0 aliphatic carbocycles. The van der Waals surface area contributed by atoms with Crippen LogP contribution < -0.4 is 5.32 Å². The van der Waals surface area contributed by atoms with Crippen molar-refractivity contribution >= 4 is 44.9 Å². The summed E-state index contributed by atoms with van der Waals surface area (Å²) in [7, 11) is 0. The van der Waals surface area contributed by atoms with Crippen molar-refractivity contribution in [2.75, 3.05) is 5.32 Å². The quantitative estimate of drug-likeness (QED) is 0.712. The van der Waals surface area contributed by atoms with Crippen molar-refractivity contribution in [1.29, 1.82) is 0 Å². The number of thiazole rings is 1. The maximum atomic E-state index is 13.5. The van der Waals surface area contributed by atoms with Gasteiger partial charge in [0.25, 0.3) is 0 Å². The Hall–Kier alpha value is -1.92. The SMILES string of the molecule is C[C@H](Sc1nc2ccccc2s1)C(=O)Nc1ccccc1F. The lowest BCUT2D eigenvalue weighted by Crippen LogP contribution is -2.22. The average molecular weight is 332 g/mol. The summed E-state index contributed by atoms with van der Waals surface area (Å²) >= 11 is 2.93. The molecule has 1 aromatic heterocycles. The van der Waals surface area contributed by atoms with E-state index in [9.17, 15) is 9.18 Å². The van der Waals surface area contributed by atoms with Gasteiger partial charge >= 0.3 is 0 Å². The Kier molecular flexibility index (Phi) is 4.40. The van der Waals surface area contributed by atoms with Crippen LogP contribution in [-0.4, -0.2) is 16.1 Å². The first-order valence-corrected chi connectivity index (χ1v) is 8.41. The van der Waals surface area contributed by atoms with Gasteiger partial charge in [-0.1, -0.05) is 36.0 Å². The van der Waals surface area contributed by atoms with Gasteiger partial charge in [-0.2, -0.15) is 0 Å². The molecule has 0 unspecified atom stereocenters. The topological polar surface area (TPSA) is 42.0 Å². The number of carbonyl (C=O) groups excluding carboxylic acids is 1. The first kappa shape index (κ1) is 15.0. The van der Waals surface area contributed by atoms with Gasteiger partial charge in [-0.05, 0) is 31.2 Å². The molecule has 0 radical (unpaired) electrons. The molecule has 22 heavy (non-hydrogen) atoms. The fourth-order valence-corrected chi connectivity index (χ4v) is 4.11. The summed E-state index contributed by atoms with van der Waals surface area (Å²) in [6.07, 6.45) is 0. The number of carbonyl (C=O) groups is 1. The second-order valence-electron chi connectivity index (χ2n) is 4.68. The molecule has 3 rings (SSSR count). The maximum absolute atomic E-state index is 13.5. The van der Waals surface area contributed by atoms with Crippen LogP contribution in [0.4, 0.5) is 10.1 Å². The van der Waals surface area contributed by atoms with Crippen LogP contribution in [0.2, 0.25) is 0 Å². The first-order valence-electron chi connectivity index (χ1n) is 6.71. The number of amides is 1. The van der Waals surface area contributed by atoms with Crippen LogP contribution in [0.5, 0.6) is 0 Å². The molecule has 3 nitrogen and oxygen atoms in total. The summed E-state index contributed by atoms with van der Waals surface area (Å²) in [4.78, 5) is 16.6. The van der Waals surface area contributed by atoms with Gasteiger partial charge in [-0.25, -0.2) is 9.37 Å². The molecule has 3 aromatic rings. The van der Waals surface area contributed by atoms with E-state index in [0.29, 0.717) is 0 Å². The van der Waals surface area contributed by atoms with Crippen LogP contribution in [-0.2, 0) is 4.79 Å². The fourth-order valence-electron chi connectivity index (χ4n) is 1.90. The van der Waals surface area contributed by atoms with E-state index in [2.05, 4.69) is 10.3 Å². The number of rotatable bonds is 4. The van der Waals surface area contributed by atoms with Gasteiger partial charge in [0, 0.05) is 0 Å². The van der Waals surface area contributed by atoms with E-state index in [-0.39, 0.29) is 16.8 Å². The molecule has 112 valence electrons. The Morgan fingerprint density at radius 1 is 1.23 bits per heavy atom. The van der Waals surface area contributed by atoms with E-state index in [1.54, 1.807) is 36.5 Å². The van der Waals surface area contributed by atoms with Crippen LogP contribution >= 0.6 is 23.1 Å². The molecule has 6 heteroatoms. The summed E-state index contributed by atoms with van der Waals surface area (Å²) in [5.41, 5.74) is 1.13. The highest BCUT2D eigenvalue weighted by Crippen LogP contribution is 2.32. The number of nitrogens with zero attached hydrogens (tertiary/aromatic N) is 1. The van der Waals surface area contributed by atoms with Crippen molar-refractivity contribution < 1.29 is 9.18 Å². The minimum absolute atomic E-state index is 0.198. The van der Waals surface area contributed by atoms with E-state index in [4.69, 9.17) is 0 Å². The van der Waals surface area contributed by atoms with Crippen molar-refractivity contribution in [2.45, 2.75) is 16.5 Å². The van der Waals surface area contributed by atoms with Gasteiger partial charge in [-0.3, -0.25) is 4.79 Å². The normalized spacial score (nSPS) is 12.3. The van der Waals surface area contributed by atoms with Crippen LogP contribution in [0.3, 0.4) is 0 Å². The molecule has 0 fully saturated rings. The van der Waals surface area contributed by atoms with Crippen molar-refractivity contribution in [3.63, 3.8) is 0 Å². The number of halogens is 1. The molecule has 0 spiro atoms. The minimum atomic E-state index is -0.437. The van der Waals surface area contributed by atoms with E-state index < -0.39 is 5.82 Å². The number of hydrogen-bond acceptors (Lipinski definition) is 4. The largest absolute Gasteiger partial charge is 0.323 e. The van der Waals surface area contributed by atoms with E-state index in [0.717, 1.165) is 14.6 Å². The Labute approximate surface area is 135 Å². The lowest BCUT2D eigenvalue weighted by atomic mass is 10.3. The molecular formula is C16H13FN2OS2. The third-order valence-electron chi connectivity index (χ3n) is 3.05. The van der Waals surface area contributed by atoms with Gasteiger partial charge in [0.05, 0.1) is 21.2 Å². The highest BCUT2D eigenvalue weighted by Gasteiger charge is 2.18. The third-order valence-corrected chi connectivity index (χ3v) is 5.28. The van der Waals surface area contributed by atoms with Gasteiger partial charge in [0.2, 0.25) is 5.91 Å². The Balaban J connectivity index is 1.69. The molecule has 0 saturated heterocycles. The molecule has 0 aliphatic rings. The lowest BCUT2D eigenvalue weighted by Gasteiger charge is -2.10. The standard InChI is InChI=1S/C16H13FN2OS2/c1-10(15(20)18-12-7-3-2-6-11(12)17)21-16-19-13-8-4-5-9-14(13)22-16/h2-10H,1H3,(H,18,20)/t10-/m0/s1. The smallest absolute Gasteiger partial charge is 0.237 e. The predicted octanol–water partition coefficient (Wildman–Crippen LogP) is 4.55. The summed E-state index contributed by atoms with van der Waals surface area (Å²) < 4.78 is 15.5. The number of anilines is 1. The van der Waals surface area contributed by atoms with Crippen molar-refractivity contribution in [3.8, 4) is 0 Å². The molecule has 1 atom stereocenters. The fraction of sp³-hybridized carbons (Fsp3) is 0.125. The highest BCUT2D eigenvalue weighted by atomic mass is 32.2. The Morgan fingerprint density at radius 3 is 2.73 bits per heavy atom. The number of para-hydroxylation sites is 2. The molecule has 2 aromatic carbocycles. The van der Waals surface area contributed by atoms with Gasteiger partial charge < -0.3 is 5.32 Å². The zero-order valence-corrected chi connectivity index (χ0v) is 13.4. The molecule has 1 N–H and O–H groups in total. The second kappa shape index (κ2) is 6.46. The highest BCUT2D eigenvalue weighted by molar-refractivity contribution is 8.02. The van der Waals surface area contributed by atoms with E-state index in [1.807, 2.05) is 24.3 Å². The minimum Gasteiger partial charge on any atom is -0.323 e. The molecule has 0 bridgehead atoms. The van der Waals surface area contributed by atoms with Gasteiger partial charge in [-0.15, -0.1) is 11.3 Å². The van der Waals surface area contributed by atoms with Crippen molar-refractivity contribution in [1.82, 2.24) is 4.98 Å². The van der Waals surface area contributed by atoms with E-state index in [1.165, 1.54) is 17.8 Å². The first-order chi connectivity index (χ1) is 10.6. The Morgan fingerprint density at radius 2 is 1.95 bits per heavy atom. The summed E-state index contributed by atoms with van der Waals surface area (Å²) in [5.74, 6) is -0.678. The van der Waals surface area contributed by atoms with Crippen LogP contribution in [0.25, 0.3) is 10.2 Å². The number of benzene rings is 2. The van der Waals surface area contributed by atoms with E-state index >= 15 is 0 Å². The molecular weight excluding hydrogens is 319 g/mol. The maximum Gasteiger partial charge on any atom is 0.237 e. The summed E-state index contributed by atoms with van der Waals surface area (Å²) in [6, 6.07) is 14.0. The Bertz CT molecular complexity index is 786. The summed E-state index contributed by atoms with van der Waals surface area (Å²) in [6.45, 7) is 1.78. The number of hydrogen-bond donors (Lipinski definition) is 1. The van der Waals surface area contributed by atoms with Gasteiger partial charge in [0.1, 0.15) is 5.82 Å². The molecule has 1 heterocycles. The predicted molar refractivity (Wildman–Crippen MR) is 90.0 cm³/mol. The monoisotopic (exact) mass is 332 g/mol. The van der Waals surface area contributed by atoms with Crippen LogP contribution in [0.15, 0.2) is 52.9 Å². The molecule has 1 amide bonds. The zero-order chi connectivity index (χ0) is 15.5. The van der Waals surface area contributed by atoms with Crippen LogP contribution in [0.1, 0.15) is 6.92 Å². The third kappa shape index (κ3) is 3.28. The van der Waals surface area contributed by atoms with Crippen molar-refractivity contribution in [2.24, 2.45) is 0 Å². The summed E-state index contributed by atoms with van der Waals surface area (Å²) in [5, 5.41) is 2.25. The van der Waals surface area contributed by atoms with Crippen LogP contribution in [0, 0.1) is 5.82 Å². The molecule has 0 aliphatic heterocycles. The van der Waals surface area contributed by atoms with Crippen molar-refractivity contribution in [3.05, 3.63) is 54.3 Å². The van der Waals surface area contributed by atoms with Gasteiger partial charge in [0.15, 0.2) is 4.34 Å². The lowest BCUT2D eigenvalue weighted by molar-refractivity contribution is -0.115. The number of aromatic nitrogens is 1. The zero-order valence-electron chi connectivity index (χ0n) is 11.7. The average Bonchev–Trinajstić information content (AvgIpc) is 2.91. The molecule has 0 saturated carbocycles.